The highest BCUT2D eigenvalue weighted by atomic mass is 16.4. The van der Waals surface area contributed by atoms with Gasteiger partial charge in [-0.1, -0.05) is 42.5 Å². The van der Waals surface area contributed by atoms with Gasteiger partial charge in [0.05, 0.1) is 0 Å². The second-order valence-corrected chi connectivity index (χ2v) is 5.35. The lowest BCUT2D eigenvalue weighted by molar-refractivity contribution is -0.136. The van der Waals surface area contributed by atoms with Crippen molar-refractivity contribution in [1.82, 2.24) is 0 Å². The van der Waals surface area contributed by atoms with E-state index in [0.29, 0.717) is 12.8 Å². The molecule has 21 heavy (non-hydrogen) atoms. The average molecular weight is 280 g/mol. The van der Waals surface area contributed by atoms with E-state index in [2.05, 4.69) is 0 Å². The number of carbonyl (C=O) groups excluding carboxylic acids is 1. The van der Waals surface area contributed by atoms with Crippen molar-refractivity contribution in [2.45, 2.75) is 25.7 Å². The van der Waals surface area contributed by atoms with Crippen LogP contribution in [0.4, 0.5) is 0 Å². The van der Waals surface area contributed by atoms with Crippen molar-refractivity contribution >= 4 is 11.8 Å². The molecule has 0 saturated carbocycles. The molecule has 0 amide bonds. The van der Waals surface area contributed by atoms with Crippen LogP contribution < -0.4 is 0 Å². The molecule has 0 aliphatic heterocycles. The Labute approximate surface area is 123 Å². The molecule has 1 N–H and O–H groups in total. The first kappa shape index (κ1) is 13.6. The summed E-state index contributed by atoms with van der Waals surface area (Å²) >= 11 is 0. The Morgan fingerprint density at radius 2 is 1.71 bits per heavy atom. The number of Topliss-reactive ketones (excluding diaryl/α,β-unsaturated/α-hetero) is 1. The van der Waals surface area contributed by atoms with E-state index in [-0.39, 0.29) is 12.2 Å². The van der Waals surface area contributed by atoms with Crippen molar-refractivity contribution in [2.75, 3.05) is 0 Å². The molecule has 0 fully saturated rings. The molecular weight excluding hydrogens is 264 g/mol. The average Bonchev–Trinajstić information content (AvgIpc) is 2.87. The summed E-state index contributed by atoms with van der Waals surface area (Å²) in [4.78, 5) is 22.4. The van der Waals surface area contributed by atoms with Crippen LogP contribution in [-0.2, 0) is 17.6 Å². The van der Waals surface area contributed by atoms with Gasteiger partial charge in [0.2, 0.25) is 0 Å². The largest absolute Gasteiger partial charge is 0.481 e. The Balaban J connectivity index is 1.88. The number of ketones is 1. The standard InChI is InChI=1S/C18H16O3/c19-17-10-9-15-14(2-1-3-16(15)17)13-7-4-12(5-8-13)6-11-18(20)21/h1-5,7-8H,6,9-11H2,(H,20,21). The summed E-state index contributed by atoms with van der Waals surface area (Å²) in [6.07, 6.45) is 2.10. The molecule has 0 unspecified atom stereocenters. The maximum atomic E-state index is 11.8. The van der Waals surface area contributed by atoms with Gasteiger partial charge in [-0.15, -0.1) is 0 Å². The lowest BCUT2D eigenvalue weighted by Crippen LogP contribution is -1.97. The Hall–Kier alpha value is -2.42. The number of rotatable bonds is 4. The Morgan fingerprint density at radius 1 is 1.00 bits per heavy atom. The fourth-order valence-corrected chi connectivity index (χ4v) is 2.86. The van der Waals surface area contributed by atoms with E-state index in [1.807, 2.05) is 42.5 Å². The van der Waals surface area contributed by atoms with Gasteiger partial charge in [0, 0.05) is 18.4 Å². The number of benzene rings is 2. The predicted molar refractivity (Wildman–Crippen MR) is 80.5 cm³/mol. The molecule has 1 aliphatic carbocycles. The number of hydrogen-bond acceptors (Lipinski definition) is 2. The first-order valence-corrected chi connectivity index (χ1v) is 7.11. The number of hydrogen-bond donors (Lipinski definition) is 1. The number of aliphatic carboxylic acids is 1. The molecule has 3 heteroatoms. The topological polar surface area (TPSA) is 54.4 Å². The van der Waals surface area contributed by atoms with E-state index in [0.717, 1.165) is 34.2 Å². The van der Waals surface area contributed by atoms with E-state index in [9.17, 15) is 9.59 Å². The third-order valence-electron chi connectivity index (χ3n) is 3.97. The van der Waals surface area contributed by atoms with Crippen molar-refractivity contribution in [1.29, 1.82) is 0 Å². The first-order valence-electron chi connectivity index (χ1n) is 7.11. The van der Waals surface area contributed by atoms with Crippen molar-refractivity contribution in [2.24, 2.45) is 0 Å². The van der Waals surface area contributed by atoms with Gasteiger partial charge >= 0.3 is 5.97 Å². The van der Waals surface area contributed by atoms with Crippen LogP contribution in [0.1, 0.15) is 34.3 Å². The fourth-order valence-electron chi connectivity index (χ4n) is 2.86. The summed E-state index contributed by atoms with van der Waals surface area (Å²) in [5, 5.41) is 8.71. The normalized spacial score (nSPS) is 13.2. The number of aryl methyl sites for hydroxylation is 1. The minimum atomic E-state index is -0.779. The summed E-state index contributed by atoms with van der Waals surface area (Å²) in [6.45, 7) is 0. The van der Waals surface area contributed by atoms with Crippen molar-refractivity contribution in [3.8, 4) is 11.1 Å². The highest BCUT2D eigenvalue weighted by Gasteiger charge is 2.22. The highest BCUT2D eigenvalue weighted by molar-refractivity contribution is 6.02. The lowest BCUT2D eigenvalue weighted by Gasteiger charge is -2.09. The number of carboxylic acid groups (broad SMARTS) is 1. The number of fused-ring (bicyclic) bond motifs is 1. The van der Waals surface area contributed by atoms with Crippen molar-refractivity contribution in [3.63, 3.8) is 0 Å². The van der Waals surface area contributed by atoms with Gasteiger partial charge < -0.3 is 5.11 Å². The second-order valence-electron chi connectivity index (χ2n) is 5.35. The molecule has 0 spiro atoms. The lowest BCUT2D eigenvalue weighted by atomic mass is 9.95. The van der Waals surface area contributed by atoms with Crippen molar-refractivity contribution in [3.05, 3.63) is 59.2 Å². The minimum absolute atomic E-state index is 0.147. The van der Waals surface area contributed by atoms with Gasteiger partial charge in [-0.25, -0.2) is 0 Å². The molecule has 0 saturated heterocycles. The molecule has 2 aromatic carbocycles. The molecular formula is C18H16O3. The van der Waals surface area contributed by atoms with Gasteiger partial charge in [0.25, 0.3) is 0 Å². The molecule has 0 radical (unpaired) electrons. The Morgan fingerprint density at radius 3 is 2.43 bits per heavy atom. The zero-order chi connectivity index (χ0) is 14.8. The Bertz CT molecular complexity index is 699. The summed E-state index contributed by atoms with van der Waals surface area (Å²) in [5.74, 6) is -0.552. The van der Waals surface area contributed by atoms with E-state index >= 15 is 0 Å². The zero-order valence-electron chi connectivity index (χ0n) is 11.6. The van der Waals surface area contributed by atoms with Gasteiger partial charge in [0.15, 0.2) is 5.78 Å². The van der Waals surface area contributed by atoms with Gasteiger partial charge in [-0.3, -0.25) is 9.59 Å². The molecule has 0 aromatic heterocycles. The van der Waals surface area contributed by atoms with E-state index in [1.165, 1.54) is 0 Å². The van der Waals surface area contributed by atoms with Gasteiger partial charge in [0.1, 0.15) is 0 Å². The van der Waals surface area contributed by atoms with Crippen LogP contribution in [0.5, 0.6) is 0 Å². The molecule has 3 nitrogen and oxygen atoms in total. The van der Waals surface area contributed by atoms with Gasteiger partial charge in [-0.05, 0) is 35.1 Å². The maximum absolute atomic E-state index is 11.8. The summed E-state index contributed by atoms with van der Waals surface area (Å²) < 4.78 is 0. The molecule has 3 rings (SSSR count). The molecule has 0 atom stereocenters. The maximum Gasteiger partial charge on any atom is 0.303 e. The Kier molecular flexibility index (Phi) is 3.57. The van der Waals surface area contributed by atoms with Crippen LogP contribution in [0.3, 0.4) is 0 Å². The monoisotopic (exact) mass is 280 g/mol. The van der Waals surface area contributed by atoms with Crippen LogP contribution in [0.15, 0.2) is 42.5 Å². The molecule has 106 valence electrons. The highest BCUT2D eigenvalue weighted by Crippen LogP contribution is 2.32. The third-order valence-corrected chi connectivity index (χ3v) is 3.97. The van der Waals surface area contributed by atoms with Crippen LogP contribution in [0.2, 0.25) is 0 Å². The van der Waals surface area contributed by atoms with Crippen LogP contribution in [-0.4, -0.2) is 16.9 Å². The van der Waals surface area contributed by atoms with Crippen molar-refractivity contribution < 1.29 is 14.7 Å². The quantitative estimate of drug-likeness (QED) is 0.932. The summed E-state index contributed by atoms with van der Waals surface area (Å²) in [7, 11) is 0. The molecule has 0 heterocycles. The van der Waals surface area contributed by atoms with Crippen LogP contribution >= 0.6 is 0 Å². The van der Waals surface area contributed by atoms with Gasteiger partial charge in [-0.2, -0.15) is 0 Å². The van der Waals surface area contributed by atoms with Crippen LogP contribution in [0, 0.1) is 0 Å². The first-order chi connectivity index (χ1) is 10.1. The van der Waals surface area contributed by atoms with Crippen LogP contribution in [0.25, 0.3) is 11.1 Å². The predicted octanol–water partition coefficient (Wildman–Crippen LogP) is 3.50. The second kappa shape index (κ2) is 5.52. The molecule has 0 bridgehead atoms. The molecule has 1 aliphatic rings. The van der Waals surface area contributed by atoms with E-state index < -0.39 is 5.97 Å². The molecule has 2 aromatic rings. The zero-order valence-corrected chi connectivity index (χ0v) is 11.6. The summed E-state index contributed by atoms with van der Waals surface area (Å²) in [6, 6.07) is 13.8. The smallest absolute Gasteiger partial charge is 0.303 e. The number of carbonyl (C=O) groups is 2. The van der Waals surface area contributed by atoms with E-state index in [4.69, 9.17) is 5.11 Å². The fraction of sp³-hybridized carbons (Fsp3) is 0.222. The number of carboxylic acids is 1. The van der Waals surface area contributed by atoms with E-state index in [1.54, 1.807) is 0 Å². The SMILES string of the molecule is O=C(O)CCc1ccc(-c2cccc3c2CCC3=O)cc1. The summed E-state index contributed by atoms with van der Waals surface area (Å²) in [5.41, 5.74) is 5.21. The third kappa shape index (κ3) is 2.72. The minimum Gasteiger partial charge on any atom is -0.481 e.